The second-order valence-corrected chi connectivity index (χ2v) is 5.40. The highest BCUT2D eigenvalue weighted by Crippen LogP contribution is 2.15. The summed E-state index contributed by atoms with van der Waals surface area (Å²) in [6.45, 7) is 9.70. The fourth-order valence-electron chi connectivity index (χ4n) is 2.19. The second kappa shape index (κ2) is 7.48. The van der Waals surface area contributed by atoms with Crippen LogP contribution in [-0.2, 0) is 14.3 Å². The Morgan fingerprint density at radius 2 is 2.00 bits per heavy atom. The number of carbonyl (C=O) groups is 2. The van der Waals surface area contributed by atoms with E-state index in [4.69, 9.17) is 4.74 Å². The molecule has 0 aromatic carbocycles. The van der Waals surface area contributed by atoms with E-state index in [0.717, 1.165) is 19.4 Å². The smallest absolute Gasteiger partial charge is 0.246 e. The number of piperazine rings is 1. The fourth-order valence-corrected chi connectivity index (χ4v) is 2.19. The van der Waals surface area contributed by atoms with Gasteiger partial charge in [-0.15, -0.1) is 0 Å². The van der Waals surface area contributed by atoms with E-state index in [2.05, 4.69) is 12.2 Å². The number of ether oxygens (including phenoxy) is 1. The van der Waals surface area contributed by atoms with Gasteiger partial charge in [0.05, 0.1) is 0 Å². The maximum atomic E-state index is 12.3. The first-order valence-electron chi connectivity index (χ1n) is 7.17. The van der Waals surface area contributed by atoms with Crippen molar-refractivity contribution in [3.63, 3.8) is 0 Å². The number of rotatable bonds is 7. The van der Waals surface area contributed by atoms with Crippen molar-refractivity contribution in [2.24, 2.45) is 5.92 Å². The fraction of sp³-hybridized carbons (Fsp3) is 0.857. The number of nitrogens with zero attached hydrogens (tertiary/aromatic N) is 1. The molecule has 0 bridgehead atoms. The molecule has 0 radical (unpaired) electrons. The average Bonchev–Trinajstić information content (AvgIpc) is 2.36. The van der Waals surface area contributed by atoms with Crippen LogP contribution < -0.4 is 5.32 Å². The van der Waals surface area contributed by atoms with Gasteiger partial charge in [0.2, 0.25) is 11.8 Å². The molecule has 2 atom stereocenters. The molecule has 1 heterocycles. The van der Waals surface area contributed by atoms with Gasteiger partial charge in [-0.25, -0.2) is 0 Å². The molecule has 1 fully saturated rings. The summed E-state index contributed by atoms with van der Waals surface area (Å²) in [5, 5.41) is 2.79. The number of hydrogen-bond acceptors (Lipinski definition) is 3. The molecule has 5 heteroatoms. The van der Waals surface area contributed by atoms with Crippen LogP contribution in [0.15, 0.2) is 0 Å². The van der Waals surface area contributed by atoms with Crippen LogP contribution in [0.2, 0.25) is 0 Å². The molecule has 1 rings (SSSR count). The van der Waals surface area contributed by atoms with E-state index in [1.165, 1.54) is 0 Å². The Hall–Kier alpha value is -1.10. The Labute approximate surface area is 115 Å². The molecule has 19 heavy (non-hydrogen) atoms. The first-order valence-corrected chi connectivity index (χ1v) is 7.17. The second-order valence-electron chi connectivity index (χ2n) is 5.40. The summed E-state index contributed by atoms with van der Waals surface area (Å²) < 4.78 is 5.41. The van der Waals surface area contributed by atoms with Crippen molar-refractivity contribution < 1.29 is 14.3 Å². The molecule has 0 spiro atoms. The molecule has 0 saturated carbocycles. The van der Waals surface area contributed by atoms with Crippen LogP contribution in [0.25, 0.3) is 0 Å². The van der Waals surface area contributed by atoms with Gasteiger partial charge in [-0.3, -0.25) is 9.59 Å². The molecule has 0 aliphatic carbocycles. The summed E-state index contributed by atoms with van der Waals surface area (Å²) in [5.74, 6) is 0.0770. The van der Waals surface area contributed by atoms with Crippen LogP contribution in [0, 0.1) is 5.92 Å². The van der Waals surface area contributed by atoms with Gasteiger partial charge >= 0.3 is 0 Å². The summed E-state index contributed by atoms with van der Waals surface area (Å²) >= 11 is 0. The predicted octanol–water partition coefficient (Wildman–Crippen LogP) is 1.17. The summed E-state index contributed by atoms with van der Waals surface area (Å²) in [6.07, 6.45) is 1.77. The van der Waals surface area contributed by atoms with Crippen molar-refractivity contribution in [3.8, 4) is 0 Å². The summed E-state index contributed by atoms with van der Waals surface area (Å²) in [5.41, 5.74) is 0. The Kier molecular flexibility index (Phi) is 6.28. The lowest BCUT2D eigenvalue weighted by Gasteiger charge is -2.38. The zero-order chi connectivity index (χ0) is 14.4. The molecule has 2 unspecified atom stereocenters. The molecule has 0 aromatic heterocycles. The van der Waals surface area contributed by atoms with Crippen LogP contribution >= 0.6 is 0 Å². The van der Waals surface area contributed by atoms with E-state index in [-0.39, 0.29) is 29.8 Å². The van der Waals surface area contributed by atoms with Gasteiger partial charge in [-0.05, 0) is 25.7 Å². The van der Waals surface area contributed by atoms with Crippen LogP contribution in [0.4, 0.5) is 0 Å². The molecule has 110 valence electrons. The van der Waals surface area contributed by atoms with Crippen molar-refractivity contribution in [1.82, 2.24) is 10.2 Å². The molecular weight excluding hydrogens is 244 g/mol. The monoisotopic (exact) mass is 270 g/mol. The van der Waals surface area contributed by atoms with E-state index < -0.39 is 0 Å². The largest absolute Gasteiger partial charge is 0.381 e. The Morgan fingerprint density at radius 3 is 2.58 bits per heavy atom. The van der Waals surface area contributed by atoms with Crippen molar-refractivity contribution in [1.29, 1.82) is 0 Å². The van der Waals surface area contributed by atoms with Crippen LogP contribution in [0.5, 0.6) is 0 Å². The zero-order valence-corrected chi connectivity index (χ0v) is 12.4. The average molecular weight is 270 g/mol. The summed E-state index contributed by atoms with van der Waals surface area (Å²) in [4.78, 5) is 25.9. The van der Waals surface area contributed by atoms with E-state index in [9.17, 15) is 9.59 Å². The normalized spacial score (nSPS) is 23.9. The van der Waals surface area contributed by atoms with Gasteiger partial charge in [0.15, 0.2) is 0 Å². The van der Waals surface area contributed by atoms with Crippen LogP contribution in [-0.4, -0.2) is 48.6 Å². The topological polar surface area (TPSA) is 58.6 Å². The van der Waals surface area contributed by atoms with Gasteiger partial charge in [0, 0.05) is 19.8 Å². The third-order valence-corrected chi connectivity index (χ3v) is 3.40. The third kappa shape index (κ3) is 4.20. The molecule has 2 amide bonds. The van der Waals surface area contributed by atoms with E-state index in [0.29, 0.717) is 13.2 Å². The molecule has 1 saturated heterocycles. The number of nitrogens with one attached hydrogen (secondary N) is 1. The van der Waals surface area contributed by atoms with Crippen LogP contribution in [0.1, 0.15) is 40.5 Å². The van der Waals surface area contributed by atoms with Crippen molar-refractivity contribution in [2.45, 2.75) is 52.6 Å². The molecular formula is C14H26N2O3. The highest BCUT2D eigenvalue weighted by Gasteiger charge is 2.38. The van der Waals surface area contributed by atoms with Gasteiger partial charge in [-0.1, -0.05) is 20.8 Å². The van der Waals surface area contributed by atoms with Crippen molar-refractivity contribution in [2.75, 3.05) is 19.8 Å². The SMILES string of the molecule is CCCOCCCN1C(=O)C(C(C)C)NC(=O)C1C. The highest BCUT2D eigenvalue weighted by molar-refractivity contribution is 5.96. The van der Waals surface area contributed by atoms with E-state index in [1.807, 2.05) is 13.8 Å². The first-order chi connectivity index (χ1) is 8.99. The van der Waals surface area contributed by atoms with Crippen molar-refractivity contribution in [3.05, 3.63) is 0 Å². The lowest BCUT2D eigenvalue weighted by molar-refractivity contribution is -0.150. The Morgan fingerprint density at radius 1 is 1.32 bits per heavy atom. The third-order valence-electron chi connectivity index (χ3n) is 3.40. The molecule has 0 aromatic rings. The van der Waals surface area contributed by atoms with Gasteiger partial charge < -0.3 is 15.0 Å². The quantitative estimate of drug-likeness (QED) is 0.707. The van der Waals surface area contributed by atoms with Crippen LogP contribution in [0.3, 0.4) is 0 Å². The molecule has 1 aliphatic rings. The standard InChI is InChI=1S/C14H26N2O3/c1-5-8-19-9-6-7-16-11(4)13(17)15-12(10(2)3)14(16)18/h10-12H,5-9H2,1-4H3,(H,15,17). The van der Waals surface area contributed by atoms with Crippen molar-refractivity contribution >= 4 is 11.8 Å². The minimum absolute atomic E-state index is 0.0255. The number of amides is 2. The molecule has 1 aliphatic heterocycles. The van der Waals surface area contributed by atoms with Gasteiger partial charge in [-0.2, -0.15) is 0 Å². The highest BCUT2D eigenvalue weighted by atomic mass is 16.5. The lowest BCUT2D eigenvalue weighted by atomic mass is 9.98. The first kappa shape index (κ1) is 16.0. The maximum Gasteiger partial charge on any atom is 0.246 e. The molecule has 1 N–H and O–H groups in total. The minimum atomic E-state index is -0.389. The Balaban J connectivity index is 2.52. The molecule has 5 nitrogen and oxygen atoms in total. The maximum absolute atomic E-state index is 12.3. The number of carbonyl (C=O) groups excluding carboxylic acids is 2. The van der Waals surface area contributed by atoms with Gasteiger partial charge in [0.1, 0.15) is 12.1 Å². The number of hydrogen-bond donors (Lipinski definition) is 1. The van der Waals surface area contributed by atoms with E-state index in [1.54, 1.807) is 11.8 Å². The van der Waals surface area contributed by atoms with E-state index >= 15 is 0 Å². The zero-order valence-electron chi connectivity index (χ0n) is 12.4. The predicted molar refractivity (Wildman–Crippen MR) is 73.7 cm³/mol. The summed E-state index contributed by atoms with van der Waals surface area (Å²) in [6, 6.07) is -0.770. The lowest BCUT2D eigenvalue weighted by Crippen LogP contribution is -2.63. The van der Waals surface area contributed by atoms with Gasteiger partial charge in [0.25, 0.3) is 0 Å². The minimum Gasteiger partial charge on any atom is -0.381 e. The Bertz CT molecular complexity index is 318. The summed E-state index contributed by atoms with van der Waals surface area (Å²) in [7, 11) is 0.